The fraction of sp³-hybridized carbons (Fsp3) is 0.412. The molecule has 0 aromatic carbocycles. The Morgan fingerprint density at radius 3 is 2.60 bits per heavy atom. The lowest BCUT2D eigenvalue weighted by Gasteiger charge is -2.31. The quantitative estimate of drug-likeness (QED) is 0.792. The molecule has 132 valence electrons. The van der Waals surface area contributed by atoms with Crippen LogP contribution in [0.5, 0.6) is 0 Å². The fourth-order valence-corrected chi connectivity index (χ4v) is 3.06. The number of likely N-dealkylation sites (tertiary alicyclic amines) is 1. The molecule has 2 aromatic heterocycles. The number of piperidine rings is 1. The molecule has 1 aliphatic rings. The number of methoxy groups -OCH3 is 1. The van der Waals surface area contributed by atoms with Crippen LogP contribution in [0.1, 0.15) is 45.2 Å². The van der Waals surface area contributed by atoms with E-state index in [1.165, 1.54) is 7.11 Å². The first-order valence-electron chi connectivity index (χ1n) is 8.01. The Morgan fingerprint density at radius 1 is 1.28 bits per heavy atom. The van der Waals surface area contributed by atoms with Crippen LogP contribution in [0, 0.1) is 5.82 Å². The summed E-state index contributed by atoms with van der Waals surface area (Å²) in [5, 5.41) is 4.18. The molecule has 1 amide bonds. The first-order valence-corrected chi connectivity index (χ1v) is 8.01. The number of carbonyl (C=O) groups excluding carboxylic acids is 2. The van der Waals surface area contributed by atoms with Crippen molar-refractivity contribution in [2.24, 2.45) is 7.05 Å². The summed E-state index contributed by atoms with van der Waals surface area (Å²) >= 11 is 0. The topological polar surface area (TPSA) is 77.3 Å². The number of ether oxygens (including phenoxy) is 1. The minimum atomic E-state index is -0.743. The van der Waals surface area contributed by atoms with E-state index in [9.17, 15) is 14.0 Å². The maximum Gasteiger partial charge on any atom is 0.356 e. The van der Waals surface area contributed by atoms with Crippen molar-refractivity contribution < 1.29 is 18.7 Å². The van der Waals surface area contributed by atoms with E-state index in [0.717, 1.165) is 30.7 Å². The average molecular weight is 346 g/mol. The highest BCUT2D eigenvalue weighted by atomic mass is 19.1. The van der Waals surface area contributed by atoms with Crippen LogP contribution in [0.3, 0.4) is 0 Å². The van der Waals surface area contributed by atoms with E-state index in [2.05, 4.69) is 14.8 Å². The van der Waals surface area contributed by atoms with Crippen molar-refractivity contribution in [3.8, 4) is 0 Å². The molecule has 25 heavy (non-hydrogen) atoms. The first kappa shape index (κ1) is 17.1. The third kappa shape index (κ3) is 3.52. The summed E-state index contributed by atoms with van der Waals surface area (Å²) in [5.74, 6) is -1.54. The Balaban J connectivity index is 1.71. The number of rotatable bonds is 3. The van der Waals surface area contributed by atoms with Gasteiger partial charge in [0, 0.05) is 26.3 Å². The summed E-state index contributed by atoms with van der Waals surface area (Å²) in [7, 11) is 3.07. The second-order valence-corrected chi connectivity index (χ2v) is 6.05. The molecule has 0 unspecified atom stereocenters. The van der Waals surface area contributed by atoms with Gasteiger partial charge >= 0.3 is 5.97 Å². The zero-order chi connectivity index (χ0) is 18.0. The van der Waals surface area contributed by atoms with Gasteiger partial charge in [-0.2, -0.15) is 5.10 Å². The zero-order valence-electron chi connectivity index (χ0n) is 14.1. The van der Waals surface area contributed by atoms with Crippen LogP contribution >= 0.6 is 0 Å². The smallest absolute Gasteiger partial charge is 0.356 e. The van der Waals surface area contributed by atoms with Crippen molar-refractivity contribution in [1.82, 2.24) is 19.7 Å². The molecule has 1 fully saturated rings. The second-order valence-electron chi connectivity index (χ2n) is 6.05. The largest absolute Gasteiger partial charge is 0.464 e. The van der Waals surface area contributed by atoms with Crippen molar-refractivity contribution in [1.29, 1.82) is 0 Å². The molecule has 3 rings (SSSR count). The Kier molecular flexibility index (Phi) is 4.78. The van der Waals surface area contributed by atoms with Crippen LogP contribution in [0.4, 0.5) is 4.39 Å². The summed E-state index contributed by atoms with van der Waals surface area (Å²) in [5.41, 5.74) is 0.908. The molecule has 0 atom stereocenters. The Hall–Kier alpha value is -2.77. The highest BCUT2D eigenvalue weighted by molar-refractivity contribution is 5.97. The van der Waals surface area contributed by atoms with E-state index in [1.54, 1.807) is 9.58 Å². The number of aromatic nitrogens is 3. The molecular weight excluding hydrogens is 327 g/mol. The predicted molar refractivity (Wildman–Crippen MR) is 86.6 cm³/mol. The molecule has 1 saturated heterocycles. The van der Waals surface area contributed by atoms with Crippen LogP contribution in [-0.4, -0.2) is 51.7 Å². The monoisotopic (exact) mass is 346 g/mol. The number of amides is 1. The third-order valence-electron chi connectivity index (χ3n) is 4.46. The summed E-state index contributed by atoms with van der Waals surface area (Å²) in [6, 6.07) is 1.15. The van der Waals surface area contributed by atoms with E-state index in [1.807, 2.05) is 19.4 Å². The minimum absolute atomic E-state index is 0.0857. The van der Waals surface area contributed by atoms with Gasteiger partial charge in [0.25, 0.3) is 5.91 Å². The van der Waals surface area contributed by atoms with Crippen molar-refractivity contribution in [3.63, 3.8) is 0 Å². The number of hydrogen-bond acceptors (Lipinski definition) is 5. The number of carbonyl (C=O) groups is 2. The summed E-state index contributed by atoms with van der Waals surface area (Å²) < 4.78 is 20.3. The van der Waals surface area contributed by atoms with Gasteiger partial charge in [-0.25, -0.2) is 14.2 Å². The molecule has 0 aliphatic carbocycles. The number of pyridine rings is 1. The van der Waals surface area contributed by atoms with E-state index in [4.69, 9.17) is 0 Å². The van der Waals surface area contributed by atoms with Crippen LogP contribution < -0.4 is 0 Å². The van der Waals surface area contributed by atoms with E-state index >= 15 is 0 Å². The fourth-order valence-electron chi connectivity index (χ4n) is 3.06. The highest BCUT2D eigenvalue weighted by Crippen LogP contribution is 2.28. The Morgan fingerprint density at radius 2 is 2.00 bits per heavy atom. The van der Waals surface area contributed by atoms with Crippen molar-refractivity contribution in [2.75, 3.05) is 20.2 Å². The van der Waals surface area contributed by atoms with Gasteiger partial charge in [0.15, 0.2) is 5.82 Å². The highest BCUT2D eigenvalue weighted by Gasteiger charge is 2.27. The molecule has 0 N–H and O–H groups in total. The first-order chi connectivity index (χ1) is 12.0. The normalized spacial score (nSPS) is 15.2. The zero-order valence-corrected chi connectivity index (χ0v) is 14.1. The average Bonchev–Trinajstić information content (AvgIpc) is 3.07. The Labute approximate surface area is 144 Å². The summed E-state index contributed by atoms with van der Waals surface area (Å²) in [4.78, 5) is 29.4. The lowest BCUT2D eigenvalue weighted by atomic mass is 9.91. The number of aryl methyl sites for hydroxylation is 1. The SMILES string of the molecule is COC(=O)c1cc(C(=O)N2CCC(c3cnn(C)c3)CC2)c(F)cn1. The standard InChI is InChI=1S/C17H19FN4O3/c1-21-10-12(8-20-21)11-3-5-22(6-4-11)16(23)13-7-15(17(24)25-2)19-9-14(13)18/h7-11H,3-6H2,1-2H3. The van der Waals surface area contributed by atoms with Gasteiger partial charge in [0.2, 0.25) is 0 Å². The number of esters is 1. The number of hydrogen-bond donors (Lipinski definition) is 0. The van der Waals surface area contributed by atoms with Crippen LogP contribution in [0.25, 0.3) is 0 Å². The van der Waals surface area contributed by atoms with Crippen molar-refractivity contribution >= 4 is 11.9 Å². The molecule has 1 aliphatic heterocycles. The van der Waals surface area contributed by atoms with Gasteiger partial charge in [-0.3, -0.25) is 9.48 Å². The molecular formula is C17H19FN4O3. The molecule has 0 bridgehead atoms. The van der Waals surface area contributed by atoms with E-state index in [-0.39, 0.29) is 11.3 Å². The molecule has 7 nitrogen and oxygen atoms in total. The van der Waals surface area contributed by atoms with Crippen LogP contribution in [0.2, 0.25) is 0 Å². The van der Waals surface area contributed by atoms with Gasteiger partial charge in [0.05, 0.1) is 25.1 Å². The van der Waals surface area contributed by atoms with Crippen molar-refractivity contribution in [3.05, 3.63) is 47.3 Å². The molecule has 0 spiro atoms. The van der Waals surface area contributed by atoms with E-state index < -0.39 is 17.7 Å². The van der Waals surface area contributed by atoms with Gasteiger partial charge in [-0.05, 0) is 30.4 Å². The van der Waals surface area contributed by atoms with Crippen LogP contribution in [-0.2, 0) is 11.8 Å². The Bertz CT molecular complexity index is 797. The van der Waals surface area contributed by atoms with Gasteiger partial charge in [-0.1, -0.05) is 0 Å². The molecule has 2 aromatic rings. The minimum Gasteiger partial charge on any atom is -0.464 e. The number of halogens is 1. The molecule has 3 heterocycles. The number of nitrogens with zero attached hydrogens (tertiary/aromatic N) is 4. The van der Waals surface area contributed by atoms with Crippen molar-refractivity contribution in [2.45, 2.75) is 18.8 Å². The van der Waals surface area contributed by atoms with E-state index in [0.29, 0.717) is 19.0 Å². The molecule has 8 heteroatoms. The van der Waals surface area contributed by atoms with Crippen LogP contribution in [0.15, 0.2) is 24.7 Å². The summed E-state index contributed by atoms with van der Waals surface area (Å²) in [6.45, 7) is 1.04. The van der Waals surface area contributed by atoms with Gasteiger partial charge in [-0.15, -0.1) is 0 Å². The summed E-state index contributed by atoms with van der Waals surface area (Å²) in [6.07, 6.45) is 6.27. The maximum absolute atomic E-state index is 14.0. The maximum atomic E-state index is 14.0. The lowest BCUT2D eigenvalue weighted by Crippen LogP contribution is -2.38. The predicted octanol–water partition coefficient (Wildman–Crippen LogP) is 1.76. The van der Waals surface area contributed by atoms with Gasteiger partial charge in [0.1, 0.15) is 5.69 Å². The third-order valence-corrected chi connectivity index (χ3v) is 4.46. The molecule has 0 radical (unpaired) electrons. The lowest BCUT2D eigenvalue weighted by molar-refractivity contribution is 0.0594. The van der Waals surface area contributed by atoms with Gasteiger partial charge < -0.3 is 9.64 Å². The second kappa shape index (κ2) is 7.00. The molecule has 0 saturated carbocycles.